The largest absolute Gasteiger partial charge is 0.365 e. The van der Waals surface area contributed by atoms with Crippen molar-refractivity contribution in [2.75, 3.05) is 5.32 Å². The zero-order valence-electron chi connectivity index (χ0n) is 12.7. The van der Waals surface area contributed by atoms with Gasteiger partial charge in [0.25, 0.3) is 0 Å². The predicted octanol–water partition coefficient (Wildman–Crippen LogP) is 3.42. The molecule has 1 N–H and O–H groups in total. The van der Waals surface area contributed by atoms with Gasteiger partial charge in [0.2, 0.25) is 0 Å². The molecule has 2 heterocycles. The highest BCUT2D eigenvalue weighted by Crippen LogP contribution is 2.41. The third kappa shape index (κ3) is 2.49. The van der Waals surface area contributed by atoms with E-state index < -0.39 is 0 Å². The Hall–Kier alpha value is -1.65. The van der Waals surface area contributed by atoms with Crippen LogP contribution in [0.3, 0.4) is 0 Å². The smallest absolute Gasteiger partial charge is 0.165 e. The van der Waals surface area contributed by atoms with Gasteiger partial charge in [0, 0.05) is 18.5 Å². The summed E-state index contributed by atoms with van der Waals surface area (Å²) in [6.45, 7) is 3.14. The van der Waals surface area contributed by atoms with Crippen LogP contribution in [0, 0.1) is 0 Å². The number of aromatic nitrogens is 4. The number of hydrogen-bond acceptors (Lipinski definition) is 4. The number of aryl methyl sites for hydroxylation is 1. The highest BCUT2D eigenvalue weighted by atomic mass is 15.2. The maximum absolute atomic E-state index is 4.80. The van der Waals surface area contributed by atoms with Gasteiger partial charge in [-0.1, -0.05) is 19.8 Å². The van der Waals surface area contributed by atoms with Crippen LogP contribution in [0.1, 0.15) is 63.6 Å². The van der Waals surface area contributed by atoms with E-state index in [1.807, 2.05) is 6.33 Å². The lowest BCUT2D eigenvalue weighted by Gasteiger charge is -2.16. The number of anilines is 1. The lowest BCUT2D eigenvalue weighted by Crippen LogP contribution is -2.18. The molecule has 2 saturated carbocycles. The fourth-order valence-corrected chi connectivity index (χ4v) is 3.25. The van der Waals surface area contributed by atoms with Crippen LogP contribution in [0.2, 0.25) is 0 Å². The first-order valence-corrected chi connectivity index (χ1v) is 8.34. The van der Waals surface area contributed by atoms with Crippen molar-refractivity contribution in [2.24, 2.45) is 0 Å². The molecule has 4 rings (SSSR count). The topological polar surface area (TPSA) is 55.6 Å². The molecule has 0 unspecified atom stereocenters. The summed E-state index contributed by atoms with van der Waals surface area (Å²) in [5, 5.41) is 3.60. The first kappa shape index (κ1) is 13.0. The predicted molar refractivity (Wildman–Crippen MR) is 82.6 cm³/mol. The van der Waals surface area contributed by atoms with Crippen LogP contribution in [-0.2, 0) is 6.54 Å². The van der Waals surface area contributed by atoms with Gasteiger partial charge >= 0.3 is 0 Å². The Morgan fingerprint density at radius 1 is 1.19 bits per heavy atom. The fourth-order valence-electron chi connectivity index (χ4n) is 3.25. The number of nitrogens with one attached hydrogen (secondary N) is 1. The number of hydrogen-bond donors (Lipinski definition) is 1. The van der Waals surface area contributed by atoms with E-state index in [2.05, 4.69) is 21.8 Å². The molecule has 0 amide bonds. The Kier molecular flexibility index (Phi) is 3.28. The van der Waals surface area contributed by atoms with Gasteiger partial charge in [0.15, 0.2) is 17.3 Å². The maximum atomic E-state index is 4.80. The molecule has 0 spiro atoms. The molecule has 0 bridgehead atoms. The molecule has 112 valence electrons. The minimum Gasteiger partial charge on any atom is -0.365 e. The molecular weight excluding hydrogens is 262 g/mol. The van der Waals surface area contributed by atoms with Crippen molar-refractivity contribution in [3.63, 3.8) is 0 Å². The summed E-state index contributed by atoms with van der Waals surface area (Å²) in [4.78, 5) is 14.2. The van der Waals surface area contributed by atoms with E-state index in [9.17, 15) is 0 Å². The van der Waals surface area contributed by atoms with Crippen molar-refractivity contribution >= 4 is 5.82 Å². The third-order valence-electron chi connectivity index (χ3n) is 4.58. The molecule has 0 atom stereocenters. The van der Waals surface area contributed by atoms with Gasteiger partial charge in [-0.15, -0.1) is 0 Å². The van der Waals surface area contributed by atoms with Crippen LogP contribution >= 0.6 is 0 Å². The molecule has 0 saturated heterocycles. The highest BCUT2D eigenvalue weighted by Gasteiger charge is 2.31. The summed E-state index contributed by atoms with van der Waals surface area (Å²) < 4.78 is 2.15. The monoisotopic (exact) mass is 285 g/mol. The first-order valence-electron chi connectivity index (χ1n) is 8.34. The van der Waals surface area contributed by atoms with Gasteiger partial charge in [-0.3, -0.25) is 0 Å². The Balaban J connectivity index is 1.70. The standard InChI is InChI=1S/C16H23N5/c1-2-9-21-10-17-15(18-12-5-3-4-6-12)13-16(21)20-14(19-13)11-7-8-11/h10-12,18H,2-9H2,1H3. The van der Waals surface area contributed by atoms with Crippen LogP contribution in [0.25, 0.3) is 11.5 Å². The van der Waals surface area contributed by atoms with Gasteiger partial charge < -0.3 is 9.88 Å². The molecule has 0 aromatic heterocycles. The normalized spacial score (nSPS) is 19.5. The summed E-state index contributed by atoms with van der Waals surface area (Å²) in [5.41, 5.74) is 0.972. The van der Waals surface area contributed by atoms with Crippen LogP contribution in [-0.4, -0.2) is 25.6 Å². The molecule has 2 fully saturated rings. The van der Waals surface area contributed by atoms with E-state index in [0.717, 1.165) is 36.1 Å². The summed E-state index contributed by atoms with van der Waals surface area (Å²) in [7, 11) is 0. The zero-order chi connectivity index (χ0) is 14.2. The first-order chi connectivity index (χ1) is 10.3. The van der Waals surface area contributed by atoms with E-state index in [4.69, 9.17) is 9.97 Å². The molecule has 0 radical (unpaired) electrons. The van der Waals surface area contributed by atoms with Crippen molar-refractivity contribution in [1.82, 2.24) is 19.5 Å². The highest BCUT2D eigenvalue weighted by molar-refractivity contribution is 5.68. The number of fused-ring (bicyclic) bond motifs is 1. The van der Waals surface area contributed by atoms with E-state index in [-0.39, 0.29) is 0 Å². The molecule has 5 nitrogen and oxygen atoms in total. The molecular formula is C16H23N5. The van der Waals surface area contributed by atoms with E-state index in [1.54, 1.807) is 0 Å². The Labute approximate surface area is 125 Å². The van der Waals surface area contributed by atoms with E-state index in [1.165, 1.54) is 38.5 Å². The molecule has 2 aliphatic heterocycles. The van der Waals surface area contributed by atoms with Crippen molar-refractivity contribution in [3.05, 3.63) is 12.2 Å². The summed E-state index contributed by atoms with van der Waals surface area (Å²) in [5.74, 6) is 3.56. The number of imidazole rings is 1. The van der Waals surface area contributed by atoms with Gasteiger partial charge in [-0.2, -0.15) is 0 Å². The van der Waals surface area contributed by atoms with Crippen molar-refractivity contribution in [2.45, 2.75) is 70.4 Å². The molecule has 2 aliphatic carbocycles. The average Bonchev–Trinajstić information content (AvgIpc) is 3.03. The zero-order valence-corrected chi connectivity index (χ0v) is 12.7. The molecule has 5 heteroatoms. The van der Waals surface area contributed by atoms with E-state index in [0.29, 0.717) is 12.0 Å². The van der Waals surface area contributed by atoms with Crippen molar-refractivity contribution in [1.29, 1.82) is 0 Å². The second kappa shape index (κ2) is 5.28. The number of nitrogens with zero attached hydrogens (tertiary/aromatic N) is 4. The second-order valence-electron chi connectivity index (χ2n) is 6.44. The lowest BCUT2D eigenvalue weighted by molar-refractivity contribution is 0.656. The van der Waals surface area contributed by atoms with Gasteiger partial charge in [0.1, 0.15) is 5.82 Å². The van der Waals surface area contributed by atoms with Crippen LogP contribution < -0.4 is 5.32 Å². The lowest BCUT2D eigenvalue weighted by atomic mass is 10.2. The van der Waals surface area contributed by atoms with Gasteiger partial charge in [-0.05, 0) is 32.1 Å². The Morgan fingerprint density at radius 2 is 2.00 bits per heavy atom. The summed E-state index contributed by atoms with van der Waals surface area (Å²) in [6, 6.07) is 0.559. The summed E-state index contributed by atoms with van der Waals surface area (Å²) >= 11 is 0. The maximum Gasteiger partial charge on any atom is 0.165 e. The van der Waals surface area contributed by atoms with Crippen LogP contribution in [0.4, 0.5) is 5.82 Å². The fraction of sp³-hybridized carbons (Fsp3) is 0.688. The summed E-state index contributed by atoms with van der Waals surface area (Å²) in [6.07, 6.45) is 10.6. The SMILES string of the molecule is CCCn1cnc(NC2CCCC2)c2nc(C3CC3)nc1-2. The van der Waals surface area contributed by atoms with Gasteiger partial charge in [-0.25, -0.2) is 15.0 Å². The quantitative estimate of drug-likeness (QED) is 0.914. The minimum absolute atomic E-state index is 0.559. The Bertz CT molecular complexity index is 595. The van der Waals surface area contributed by atoms with Crippen LogP contribution in [0.15, 0.2) is 6.33 Å². The van der Waals surface area contributed by atoms with Crippen LogP contribution in [0.5, 0.6) is 0 Å². The molecule has 0 aromatic rings. The minimum atomic E-state index is 0.559. The third-order valence-corrected chi connectivity index (χ3v) is 4.58. The molecule has 0 aromatic carbocycles. The van der Waals surface area contributed by atoms with Crippen molar-refractivity contribution in [3.8, 4) is 11.5 Å². The Morgan fingerprint density at radius 3 is 2.71 bits per heavy atom. The number of rotatable bonds is 5. The molecule has 4 aliphatic rings. The average molecular weight is 285 g/mol. The van der Waals surface area contributed by atoms with E-state index >= 15 is 0 Å². The molecule has 21 heavy (non-hydrogen) atoms. The van der Waals surface area contributed by atoms with Gasteiger partial charge in [0.05, 0.1) is 6.33 Å². The van der Waals surface area contributed by atoms with Crippen molar-refractivity contribution < 1.29 is 0 Å². The second-order valence-corrected chi connectivity index (χ2v) is 6.44.